The van der Waals surface area contributed by atoms with Crippen LogP contribution in [0.1, 0.15) is 22.7 Å². The van der Waals surface area contributed by atoms with Gasteiger partial charge in [-0.1, -0.05) is 52.3 Å². The van der Waals surface area contributed by atoms with Crippen molar-refractivity contribution in [1.29, 1.82) is 0 Å². The predicted molar refractivity (Wildman–Crippen MR) is 76.2 cm³/mol. The first-order chi connectivity index (χ1) is 8.22. The Labute approximate surface area is 111 Å². The van der Waals surface area contributed by atoms with Crippen molar-refractivity contribution < 1.29 is 0 Å². The van der Waals surface area contributed by atoms with Crippen LogP contribution in [0.3, 0.4) is 0 Å². The van der Waals surface area contributed by atoms with Gasteiger partial charge in [0.15, 0.2) is 0 Å². The van der Waals surface area contributed by atoms with Crippen molar-refractivity contribution >= 4 is 15.9 Å². The summed E-state index contributed by atoms with van der Waals surface area (Å²) >= 11 is 3.47. The Hall–Kier alpha value is -1.12. The highest BCUT2D eigenvalue weighted by molar-refractivity contribution is 9.10. The predicted octanol–water partition coefficient (Wildman–Crippen LogP) is 4.07. The van der Waals surface area contributed by atoms with Gasteiger partial charge in [0.1, 0.15) is 0 Å². The Bertz CT molecular complexity index is 491. The normalized spacial score (nSPS) is 12.4. The molecule has 17 heavy (non-hydrogen) atoms. The molecule has 0 amide bonds. The molecule has 1 N–H and O–H groups in total. The molecule has 0 aliphatic carbocycles. The van der Waals surface area contributed by atoms with E-state index in [1.807, 2.05) is 7.05 Å². The molecular formula is C15H16BrN. The van der Waals surface area contributed by atoms with E-state index in [1.54, 1.807) is 0 Å². The van der Waals surface area contributed by atoms with Crippen molar-refractivity contribution in [3.05, 3.63) is 69.7 Å². The monoisotopic (exact) mass is 289 g/mol. The van der Waals surface area contributed by atoms with Gasteiger partial charge < -0.3 is 5.32 Å². The van der Waals surface area contributed by atoms with Crippen LogP contribution in [0.5, 0.6) is 0 Å². The topological polar surface area (TPSA) is 12.0 Å². The van der Waals surface area contributed by atoms with Gasteiger partial charge in [-0.2, -0.15) is 0 Å². The van der Waals surface area contributed by atoms with E-state index in [4.69, 9.17) is 0 Å². The molecule has 0 bridgehead atoms. The molecule has 0 heterocycles. The van der Waals surface area contributed by atoms with Crippen LogP contribution in [-0.2, 0) is 0 Å². The maximum Gasteiger partial charge on any atom is 0.0576 e. The summed E-state index contributed by atoms with van der Waals surface area (Å²) in [5, 5.41) is 3.38. The Kier molecular flexibility index (Phi) is 3.97. The third kappa shape index (κ3) is 2.76. The molecule has 2 aromatic carbocycles. The Morgan fingerprint density at radius 2 is 1.65 bits per heavy atom. The zero-order valence-electron chi connectivity index (χ0n) is 10.1. The second-order valence-corrected chi connectivity index (χ2v) is 5.05. The Morgan fingerprint density at radius 1 is 1.00 bits per heavy atom. The van der Waals surface area contributed by atoms with Crippen molar-refractivity contribution in [2.24, 2.45) is 0 Å². The van der Waals surface area contributed by atoms with E-state index >= 15 is 0 Å². The minimum absolute atomic E-state index is 0.254. The smallest absolute Gasteiger partial charge is 0.0576 e. The highest BCUT2D eigenvalue weighted by atomic mass is 79.9. The van der Waals surface area contributed by atoms with Crippen LogP contribution >= 0.6 is 15.9 Å². The summed E-state index contributed by atoms with van der Waals surface area (Å²) in [5.74, 6) is 0. The van der Waals surface area contributed by atoms with Gasteiger partial charge in [0, 0.05) is 4.47 Å². The largest absolute Gasteiger partial charge is 0.309 e. The first-order valence-electron chi connectivity index (χ1n) is 5.70. The number of hydrogen-bond acceptors (Lipinski definition) is 1. The highest BCUT2D eigenvalue weighted by Gasteiger charge is 2.13. The lowest BCUT2D eigenvalue weighted by molar-refractivity contribution is 0.687. The fourth-order valence-electron chi connectivity index (χ4n) is 2.07. The van der Waals surface area contributed by atoms with Gasteiger partial charge in [-0.3, -0.25) is 0 Å². The summed E-state index contributed by atoms with van der Waals surface area (Å²) in [6.45, 7) is 2.15. The van der Waals surface area contributed by atoms with Crippen LogP contribution in [0.4, 0.5) is 0 Å². The SMILES string of the molecule is CNC(c1ccc(Br)cc1)c1ccccc1C. The molecule has 0 fully saturated rings. The standard InChI is InChI=1S/C15H16BrN/c1-11-5-3-4-6-14(11)15(17-2)12-7-9-13(16)10-8-12/h3-10,15,17H,1-2H3. The molecule has 2 heteroatoms. The minimum atomic E-state index is 0.254. The van der Waals surface area contributed by atoms with Gasteiger partial charge in [-0.25, -0.2) is 0 Å². The van der Waals surface area contributed by atoms with E-state index in [0.717, 1.165) is 4.47 Å². The van der Waals surface area contributed by atoms with E-state index in [2.05, 4.69) is 76.7 Å². The lowest BCUT2D eigenvalue weighted by Gasteiger charge is -2.19. The summed E-state index contributed by atoms with van der Waals surface area (Å²) in [6.07, 6.45) is 0. The molecule has 1 atom stereocenters. The molecular weight excluding hydrogens is 274 g/mol. The van der Waals surface area contributed by atoms with Gasteiger partial charge in [0.05, 0.1) is 6.04 Å². The lowest BCUT2D eigenvalue weighted by atomic mass is 9.95. The third-order valence-corrected chi connectivity index (χ3v) is 3.52. The summed E-state index contributed by atoms with van der Waals surface area (Å²) in [5.41, 5.74) is 3.93. The zero-order valence-corrected chi connectivity index (χ0v) is 11.7. The third-order valence-electron chi connectivity index (χ3n) is 2.99. The van der Waals surface area contributed by atoms with Crippen molar-refractivity contribution in [3.63, 3.8) is 0 Å². The number of hydrogen-bond donors (Lipinski definition) is 1. The first-order valence-corrected chi connectivity index (χ1v) is 6.50. The quantitative estimate of drug-likeness (QED) is 0.898. The van der Waals surface area contributed by atoms with Crippen LogP contribution in [0, 0.1) is 6.92 Å². The maximum atomic E-state index is 3.47. The average molecular weight is 290 g/mol. The number of benzene rings is 2. The molecule has 1 nitrogen and oxygen atoms in total. The molecule has 2 aromatic rings. The van der Waals surface area contributed by atoms with Crippen LogP contribution < -0.4 is 5.32 Å². The van der Waals surface area contributed by atoms with E-state index < -0.39 is 0 Å². The molecule has 0 saturated heterocycles. The van der Waals surface area contributed by atoms with Crippen molar-refractivity contribution in [2.75, 3.05) is 7.05 Å². The molecule has 1 unspecified atom stereocenters. The minimum Gasteiger partial charge on any atom is -0.309 e. The van der Waals surface area contributed by atoms with Crippen molar-refractivity contribution in [3.8, 4) is 0 Å². The van der Waals surface area contributed by atoms with Crippen LogP contribution in [0.25, 0.3) is 0 Å². The molecule has 88 valence electrons. The fraction of sp³-hybridized carbons (Fsp3) is 0.200. The molecule has 0 saturated carbocycles. The van der Waals surface area contributed by atoms with E-state index in [1.165, 1.54) is 16.7 Å². The number of rotatable bonds is 3. The molecule has 0 aliphatic rings. The van der Waals surface area contributed by atoms with Gasteiger partial charge in [-0.15, -0.1) is 0 Å². The number of nitrogens with one attached hydrogen (secondary N) is 1. The van der Waals surface area contributed by atoms with E-state index in [0.29, 0.717) is 0 Å². The molecule has 2 rings (SSSR count). The molecule has 0 aliphatic heterocycles. The van der Waals surface area contributed by atoms with Crippen molar-refractivity contribution in [1.82, 2.24) is 5.32 Å². The number of aryl methyl sites for hydroxylation is 1. The van der Waals surface area contributed by atoms with Gasteiger partial charge >= 0.3 is 0 Å². The van der Waals surface area contributed by atoms with Gasteiger partial charge in [0.25, 0.3) is 0 Å². The van der Waals surface area contributed by atoms with Crippen LogP contribution in [0.15, 0.2) is 53.0 Å². The summed E-state index contributed by atoms with van der Waals surface area (Å²) in [7, 11) is 2.00. The second-order valence-electron chi connectivity index (χ2n) is 4.13. The van der Waals surface area contributed by atoms with Gasteiger partial charge in [-0.05, 0) is 42.8 Å². The second kappa shape index (κ2) is 5.48. The lowest BCUT2D eigenvalue weighted by Crippen LogP contribution is -2.18. The Morgan fingerprint density at radius 3 is 2.24 bits per heavy atom. The van der Waals surface area contributed by atoms with Gasteiger partial charge in [0.2, 0.25) is 0 Å². The van der Waals surface area contributed by atoms with E-state index in [9.17, 15) is 0 Å². The molecule has 0 aromatic heterocycles. The maximum absolute atomic E-state index is 3.47. The van der Waals surface area contributed by atoms with E-state index in [-0.39, 0.29) is 6.04 Å². The average Bonchev–Trinajstić information content (AvgIpc) is 2.35. The summed E-state index contributed by atoms with van der Waals surface area (Å²) in [4.78, 5) is 0. The number of halogens is 1. The van der Waals surface area contributed by atoms with Crippen LogP contribution in [0.2, 0.25) is 0 Å². The van der Waals surface area contributed by atoms with Crippen LogP contribution in [-0.4, -0.2) is 7.05 Å². The Balaban J connectivity index is 2.40. The summed E-state index contributed by atoms with van der Waals surface area (Å²) < 4.78 is 1.11. The molecule has 0 radical (unpaired) electrons. The molecule has 0 spiro atoms. The first kappa shape index (κ1) is 12.3. The zero-order chi connectivity index (χ0) is 12.3. The fourth-order valence-corrected chi connectivity index (χ4v) is 2.33. The highest BCUT2D eigenvalue weighted by Crippen LogP contribution is 2.25. The van der Waals surface area contributed by atoms with Crippen molar-refractivity contribution in [2.45, 2.75) is 13.0 Å². The summed E-state index contributed by atoms with van der Waals surface area (Å²) in [6, 6.07) is 17.2.